The van der Waals surface area contributed by atoms with E-state index >= 15 is 0 Å². The highest BCUT2D eigenvalue weighted by molar-refractivity contribution is 6.01. The van der Waals surface area contributed by atoms with Crippen LogP contribution in [0.15, 0.2) is 42.5 Å². The molecular formula is C22H26N2O7. The van der Waals surface area contributed by atoms with Crippen LogP contribution in [0, 0.1) is 0 Å². The molecule has 3 rings (SSSR count). The molecule has 0 aromatic heterocycles. The first-order valence-corrected chi connectivity index (χ1v) is 9.79. The first-order valence-electron chi connectivity index (χ1n) is 9.79. The SMILES string of the molecule is CC(Cc1ccc2c(c1)OC(C(=O)O)(C(=O)O)O2)NCC(O)c1ccccc1N(C)C. The Balaban J connectivity index is 1.62. The number of anilines is 1. The van der Waals surface area contributed by atoms with E-state index in [0.29, 0.717) is 13.0 Å². The number of para-hydroxylation sites is 1. The number of ether oxygens (including phenoxy) is 2. The largest absolute Gasteiger partial charge is 0.475 e. The van der Waals surface area contributed by atoms with Crippen molar-refractivity contribution >= 4 is 17.6 Å². The van der Waals surface area contributed by atoms with Crippen molar-refractivity contribution in [3.8, 4) is 11.5 Å². The molecule has 9 nitrogen and oxygen atoms in total. The lowest BCUT2D eigenvalue weighted by atomic mass is 10.0. The number of hydrogen-bond acceptors (Lipinski definition) is 7. The van der Waals surface area contributed by atoms with Crippen LogP contribution in [-0.4, -0.2) is 59.7 Å². The van der Waals surface area contributed by atoms with E-state index in [1.165, 1.54) is 6.07 Å². The van der Waals surface area contributed by atoms with Gasteiger partial charge < -0.3 is 35.0 Å². The van der Waals surface area contributed by atoms with Crippen LogP contribution in [0.3, 0.4) is 0 Å². The minimum atomic E-state index is -2.77. The third kappa shape index (κ3) is 4.57. The van der Waals surface area contributed by atoms with Crippen molar-refractivity contribution in [2.24, 2.45) is 0 Å². The maximum Gasteiger partial charge on any atom is 0.453 e. The van der Waals surface area contributed by atoms with Crippen LogP contribution in [0.4, 0.5) is 5.69 Å². The summed E-state index contributed by atoms with van der Waals surface area (Å²) in [5.74, 6) is -6.12. The molecule has 0 fully saturated rings. The van der Waals surface area contributed by atoms with E-state index in [4.69, 9.17) is 9.47 Å². The molecule has 31 heavy (non-hydrogen) atoms. The van der Waals surface area contributed by atoms with Crippen LogP contribution in [0.1, 0.15) is 24.2 Å². The predicted molar refractivity (Wildman–Crippen MR) is 113 cm³/mol. The number of carboxylic acid groups (broad SMARTS) is 2. The van der Waals surface area contributed by atoms with Crippen molar-refractivity contribution in [2.45, 2.75) is 31.3 Å². The first kappa shape index (κ1) is 22.4. The van der Waals surface area contributed by atoms with Gasteiger partial charge in [-0.3, -0.25) is 0 Å². The molecule has 9 heteroatoms. The van der Waals surface area contributed by atoms with E-state index in [1.807, 2.05) is 50.2 Å². The molecule has 166 valence electrons. The van der Waals surface area contributed by atoms with E-state index in [9.17, 15) is 24.9 Å². The molecule has 0 radical (unpaired) electrons. The Labute approximate surface area is 179 Å². The second-order valence-corrected chi connectivity index (χ2v) is 7.69. The number of aliphatic hydroxyl groups is 1. The van der Waals surface area contributed by atoms with E-state index < -0.39 is 23.8 Å². The van der Waals surface area contributed by atoms with Crippen molar-refractivity contribution in [1.29, 1.82) is 0 Å². The number of rotatable bonds is 9. The van der Waals surface area contributed by atoms with Gasteiger partial charge in [0, 0.05) is 37.9 Å². The molecule has 2 aromatic carbocycles. The van der Waals surface area contributed by atoms with Gasteiger partial charge in [-0.2, -0.15) is 0 Å². The van der Waals surface area contributed by atoms with Crippen molar-refractivity contribution in [1.82, 2.24) is 5.32 Å². The lowest BCUT2D eigenvalue weighted by Gasteiger charge is -2.22. The monoisotopic (exact) mass is 430 g/mol. The highest BCUT2D eigenvalue weighted by Crippen LogP contribution is 2.40. The Morgan fingerprint density at radius 2 is 1.71 bits per heavy atom. The molecule has 4 N–H and O–H groups in total. The molecule has 2 unspecified atom stereocenters. The number of hydrogen-bond donors (Lipinski definition) is 4. The van der Waals surface area contributed by atoms with Crippen molar-refractivity contribution in [2.75, 3.05) is 25.5 Å². The third-order valence-electron chi connectivity index (χ3n) is 5.06. The highest BCUT2D eigenvalue weighted by Gasteiger charge is 2.57. The molecule has 0 bridgehead atoms. The van der Waals surface area contributed by atoms with Crippen LogP contribution in [0.2, 0.25) is 0 Å². The lowest BCUT2D eigenvalue weighted by molar-refractivity contribution is -0.194. The van der Waals surface area contributed by atoms with Gasteiger partial charge in [-0.1, -0.05) is 24.3 Å². The number of nitrogens with zero attached hydrogens (tertiary/aromatic N) is 1. The van der Waals surface area contributed by atoms with Crippen LogP contribution in [-0.2, 0) is 16.0 Å². The molecule has 0 saturated heterocycles. The van der Waals surface area contributed by atoms with Crippen LogP contribution in [0.5, 0.6) is 11.5 Å². The molecule has 2 atom stereocenters. The topological polar surface area (TPSA) is 129 Å². The van der Waals surface area contributed by atoms with Crippen molar-refractivity contribution in [3.63, 3.8) is 0 Å². The van der Waals surface area contributed by atoms with E-state index in [0.717, 1.165) is 16.8 Å². The van der Waals surface area contributed by atoms with Gasteiger partial charge in [0.15, 0.2) is 11.5 Å². The molecule has 0 aliphatic carbocycles. The first-order chi connectivity index (χ1) is 14.6. The van der Waals surface area contributed by atoms with Gasteiger partial charge in [0.25, 0.3) is 0 Å². The Bertz CT molecular complexity index is 962. The van der Waals surface area contributed by atoms with Crippen molar-refractivity contribution < 1.29 is 34.4 Å². The summed E-state index contributed by atoms with van der Waals surface area (Å²) in [5, 5.41) is 32.4. The summed E-state index contributed by atoms with van der Waals surface area (Å²) >= 11 is 0. The van der Waals surface area contributed by atoms with Gasteiger partial charge in [0.2, 0.25) is 0 Å². The average Bonchev–Trinajstić information content (AvgIpc) is 3.12. The van der Waals surface area contributed by atoms with Gasteiger partial charge in [0.1, 0.15) is 0 Å². The summed E-state index contributed by atoms with van der Waals surface area (Å²) in [6, 6.07) is 12.4. The van der Waals surface area contributed by atoms with E-state index in [2.05, 4.69) is 5.32 Å². The summed E-state index contributed by atoms with van der Waals surface area (Å²) in [5.41, 5.74) is 2.58. The number of benzene rings is 2. The maximum atomic E-state index is 11.4. The van der Waals surface area contributed by atoms with Gasteiger partial charge >= 0.3 is 17.7 Å². The standard InChI is InChI=1S/C22H26N2O7/c1-13(23-12-17(25)15-6-4-5-7-16(15)24(2)3)10-14-8-9-18-19(11-14)31-22(30-18,20(26)27)21(28)29/h4-9,11,13,17,23,25H,10,12H2,1-3H3,(H,26,27)(H,28,29). The fraction of sp³-hybridized carbons (Fsp3) is 0.364. The minimum absolute atomic E-state index is 0.0229. The fourth-order valence-electron chi connectivity index (χ4n) is 3.47. The Kier molecular flexibility index (Phi) is 6.37. The number of aliphatic hydroxyl groups excluding tert-OH is 1. The normalized spacial score (nSPS) is 15.9. The molecule has 2 aromatic rings. The molecule has 1 aliphatic rings. The molecule has 1 heterocycles. The second-order valence-electron chi connectivity index (χ2n) is 7.69. The summed E-state index contributed by atoms with van der Waals surface area (Å²) in [7, 11) is 3.84. The smallest absolute Gasteiger partial charge is 0.453 e. The molecule has 0 saturated carbocycles. The Hall–Kier alpha value is -3.30. The van der Waals surface area contributed by atoms with Gasteiger partial charge in [-0.05, 0) is 37.1 Å². The average molecular weight is 430 g/mol. The number of aliphatic carboxylic acids is 2. The van der Waals surface area contributed by atoms with Gasteiger partial charge in [-0.25, -0.2) is 9.59 Å². The Morgan fingerprint density at radius 1 is 1.06 bits per heavy atom. The van der Waals surface area contributed by atoms with Crippen LogP contribution in [0.25, 0.3) is 0 Å². The summed E-state index contributed by atoms with van der Waals surface area (Å²) in [6.07, 6.45) is -0.143. The predicted octanol–water partition coefficient (Wildman–Crippen LogP) is 1.64. The van der Waals surface area contributed by atoms with Crippen molar-refractivity contribution in [3.05, 3.63) is 53.6 Å². The zero-order valence-corrected chi connectivity index (χ0v) is 17.5. The molecular weight excluding hydrogens is 404 g/mol. The third-order valence-corrected chi connectivity index (χ3v) is 5.06. The number of nitrogens with one attached hydrogen (secondary N) is 1. The van der Waals surface area contributed by atoms with Crippen LogP contribution >= 0.6 is 0 Å². The quantitative estimate of drug-likeness (QED) is 0.439. The number of carbonyl (C=O) groups is 2. The van der Waals surface area contributed by atoms with E-state index in [-0.39, 0.29) is 17.5 Å². The minimum Gasteiger partial charge on any atom is -0.475 e. The molecule has 0 amide bonds. The van der Waals surface area contributed by atoms with Gasteiger partial charge in [-0.15, -0.1) is 0 Å². The van der Waals surface area contributed by atoms with E-state index in [1.54, 1.807) is 12.1 Å². The number of carboxylic acids is 2. The Morgan fingerprint density at radius 3 is 2.35 bits per heavy atom. The zero-order chi connectivity index (χ0) is 22.8. The number of fused-ring (bicyclic) bond motifs is 1. The molecule has 1 aliphatic heterocycles. The summed E-state index contributed by atoms with van der Waals surface area (Å²) in [4.78, 5) is 24.7. The highest BCUT2D eigenvalue weighted by atomic mass is 16.8. The van der Waals surface area contributed by atoms with Crippen LogP contribution < -0.4 is 19.7 Å². The lowest BCUT2D eigenvalue weighted by Crippen LogP contribution is -2.54. The zero-order valence-electron chi connectivity index (χ0n) is 17.5. The second kappa shape index (κ2) is 8.83. The van der Waals surface area contributed by atoms with Gasteiger partial charge in [0.05, 0.1) is 6.10 Å². The summed E-state index contributed by atoms with van der Waals surface area (Å²) in [6.45, 7) is 2.30. The fourth-order valence-corrected chi connectivity index (χ4v) is 3.47. The maximum absolute atomic E-state index is 11.4. The summed E-state index contributed by atoms with van der Waals surface area (Å²) < 4.78 is 10.2. The molecule has 0 spiro atoms.